The third-order valence-corrected chi connectivity index (χ3v) is 3.84. The molecule has 0 aromatic heterocycles. The normalized spacial score (nSPS) is 12.2. The van der Waals surface area contributed by atoms with Crippen LogP contribution in [0, 0.1) is 18.8 Å². The minimum absolute atomic E-state index is 0.109. The Kier molecular flexibility index (Phi) is 5.94. The number of carbonyl (C=O) groups is 1. The van der Waals surface area contributed by atoms with Gasteiger partial charge in [0.05, 0.1) is 5.75 Å². The highest BCUT2D eigenvalue weighted by Crippen LogP contribution is 2.10. The van der Waals surface area contributed by atoms with Gasteiger partial charge in [-0.25, -0.2) is 8.42 Å². The fourth-order valence-electron chi connectivity index (χ4n) is 1.84. The first-order valence-corrected chi connectivity index (χ1v) is 8.48. The molecular weight excluding hydrogens is 290 g/mol. The van der Waals surface area contributed by atoms with Crippen LogP contribution in [0.2, 0.25) is 0 Å². The number of rotatable bonds is 4. The molecular formula is C15H19NO4S. The van der Waals surface area contributed by atoms with Crippen molar-refractivity contribution < 1.29 is 18.3 Å². The molecule has 21 heavy (non-hydrogen) atoms. The zero-order valence-corrected chi connectivity index (χ0v) is 13.1. The highest BCUT2D eigenvalue weighted by molar-refractivity contribution is 7.90. The maximum absolute atomic E-state index is 12.1. The van der Waals surface area contributed by atoms with Crippen molar-refractivity contribution in [2.75, 3.05) is 18.6 Å². The van der Waals surface area contributed by atoms with Crippen LogP contribution in [-0.2, 0) is 9.84 Å². The zero-order valence-electron chi connectivity index (χ0n) is 12.3. The highest BCUT2D eigenvalue weighted by atomic mass is 32.2. The fraction of sp³-hybridized carbons (Fsp3) is 0.400. The van der Waals surface area contributed by atoms with Crippen LogP contribution in [0.15, 0.2) is 18.2 Å². The molecule has 1 aromatic carbocycles. The predicted octanol–water partition coefficient (Wildman–Crippen LogP) is 0.502. The van der Waals surface area contributed by atoms with Gasteiger partial charge in [0.2, 0.25) is 0 Å². The standard InChI is InChI=1S/C15H19NO4S/c1-11-6-7-14(9-13(11)5-4-8-17)15(18)16-12(2)10-21(3,19)20/h6-7,9,12,17H,8,10H2,1-3H3,(H,16,18). The van der Waals surface area contributed by atoms with Crippen molar-refractivity contribution in [3.8, 4) is 11.8 Å². The van der Waals surface area contributed by atoms with Crippen molar-refractivity contribution in [1.29, 1.82) is 0 Å². The number of amides is 1. The molecule has 5 nitrogen and oxygen atoms in total. The van der Waals surface area contributed by atoms with E-state index in [1.54, 1.807) is 25.1 Å². The summed E-state index contributed by atoms with van der Waals surface area (Å²) in [5, 5.41) is 11.4. The number of sulfone groups is 1. The molecule has 0 bridgehead atoms. The topological polar surface area (TPSA) is 83.5 Å². The van der Waals surface area contributed by atoms with Crippen LogP contribution in [0.5, 0.6) is 0 Å². The molecule has 2 N–H and O–H groups in total. The van der Waals surface area contributed by atoms with Gasteiger partial charge >= 0.3 is 0 Å². The molecule has 0 fully saturated rings. The molecule has 1 atom stereocenters. The van der Waals surface area contributed by atoms with E-state index in [2.05, 4.69) is 17.2 Å². The summed E-state index contributed by atoms with van der Waals surface area (Å²) in [6, 6.07) is 4.57. The maximum atomic E-state index is 12.1. The van der Waals surface area contributed by atoms with E-state index < -0.39 is 15.9 Å². The highest BCUT2D eigenvalue weighted by Gasteiger charge is 2.14. The van der Waals surface area contributed by atoms with Gasteiger partial charge in [0, 0.05) is 23.4 Å². The second-order valence-electron chi connectivity index (χ2n) is 4.96. The van der Waals surface area contributed by atoms with Crippen molar-refractivity contribution in [3.05, 3.63) is 34.9 Å². The molecule has 0 spiro atoms. The quantitative estimate of drug-likeness (QED) is 0.794. The van der Waals surface area contributed by atoms with Crippen LogP contribution >= 0.6 is 0 Å². The van der Waals surface area contributed by atoms with E-state index in [0.717, 1.165) is 11.8 Å². The van der Waals surface area contributed by atoms with Crippen LogP contribution in [0.4, 0.5) is 0 Å². The van der Waals surface area contributed by atoms with Gasteiger partial charge in [-0.05, 0) is 31.5 Å². The lowest BCUT2D eigenvalue weighted by molar-refractivity contribution is 0.0943. The summed E-state index contributed by atoms with van der Waals surface area (Å²) in [7, 11) is -3.14. The second-order valence-corrected chi connectivity index (χ2v) is 7.14. The van der Waals surface area contributed by atoms with Gasteiger partial charge in [-0.1, -0.05) is 17.9 Å². The molecule has 0 aliphatic heterocycles. The Labute approximate surface area is 125 Å². The van der Waals surface area contributed by atoms with Crippen molar-refractivity contribution in [2.24, 2.45) is 0 Å². The molecule has 0 heterocycles. The van der Waals surface area contributed by atoms with Crippen LogP contribution in [0.1, 0.15) is 28.4 Å². The summed E-state index contributed by atoms with van der Waals surface area (Å²) in [4.78, 5) is 12.1. The van der Waals surface area contributed by atoms with Crippen LogP contribution < -0.4 is 5.32 Å². The minimum Gasteiger partial charge on any atom is -0.384 e. The van der Waals surface area contributed by atoms with Crippen molar-refractivity contribution in [3.63, 3.8) is 0 Å². The molecule has 1 unspecified atom stereocenters. The number of benzene rings is 1. The minimum atomic E-state index is -3.14. The molecule has 1 amide bonds. The number of carbonyl (C=O) groups excluding carboxylic acids is 1. The molecule has 0 radical (unpaired) electrons. The number of hydrogen-bond donors (Lipinski definition) is 2. The summed E-state index contributed by atoms with van der Waals surface area (Å²) in [5.74, 6) is 4.85. The lowest BCUT2D eigenvalue weighted by Crippen LogP contribution is -2.37. The van der Waals surface area contributed by atoms with E-state index in [4.69, 9.17) is 5.11 Å². The summed E-state index contributed by atoms with van der Waals surface area (Å²) in [6.45, 7) is 3.25. The van der Waals surface area contributed by atoms with E-state index in [1.807, 2.05) is 6.92 Å². The van der Waals surface area contributed by atoms with Crippen molar-refractivity contribution >= 4 is 15.7 Å². The van der Waals surface area contributed by atoms with Crippen molar-refractivity contribution in [1.82, 2.24) is 5.32 Å². The van der Waals surface area contributed by atoms with Crippen LogP contribution in [-0.4, -0.2) is 44.1 Å². The fourth-order valence-corrected chi connectivity index (χ4v) is 2.83. The van der Waals surface area contributed by atoms with Gasteiger partial charge in [0.25, 0.3) is 5.91 Å². The number of aliphatic hydroxyl groups excluding tert-OH is 1. The summed E-state index contributed by atoms with van der Waals surface area (Å²) < 4.78 is 22.4. The Hall–Kier alpha value is -1.84. The van der Waals surface area contributed by atoms with Crippen molar-refractivity contribution in [2.45, 2.75) is 19.9 Å². The SMILES string of the molecule is Cc1ccc(C(=O)NC(C)CS(C)(=O)=O)cc1C#CCO. The largest absolute Gasteiger partial charge is 0.384 e. The summed E-state index contributed by atoms with van der Waals surface area (Å²) >= 11 is 0. The number of hydrogen-bond acceptors (Lipinski definition) is 4. The maximum Gasteiger partial charge on any atom is 0.251 e. The molecule has 1 rings (SSSR count). The average Bonchev–Trinajstić information content (AvgIpc) is 2.35. The third-order valence-electron chi connectivity index (χ3n) is 2.73. The van der Waals surface area contributed by atoms with E-state index >= 15 is 0 Å². The Balaban J connectivity index is 2.88. The number of aryl methyl sites for hydroxylation is 1. The zero-order chi connectivity index (χ0) is 16.0. The van der Waals surface area contributed by atoms with E-state index in [-0.39, 0.29) is 18.3 Å². The average molecular weight is 309 g/mol. The predicted molar refractivity (Wildman–Crippen MR) is 81.8 cm³/mol. The van der Waals surface area contributed by atoms with Crippen LogP contribution in [0.3, 0.4) is 0 Å². The van der Waals surface area contributed by atoms with E-state index in [1.165, 1.54) is 0 Å². The van der Waals surface area contributed by atoms with Gasteiger partial charge in [-0.15, -0.1) is 0 Å². The van der Waals surface area contributed by atoms with Gasteiger partial charge in [0.15, 0.2) is 0 Å². The third kappa shape index (κ3) is 5.98. The van der Waals surface area contributed by atoms with Gasteiger partial charge < -0.3 is 10.4 Å². The molecule has 0 aliphatic rings. The van der Waals surface area contributed by atoms with Crippen LogP contribution in [0.25, 0.3) is 0 Å². The smallest absolute Gasteiger partial charge is 0.251 e. The molecule has 6 heteroatoms. The molecule has 114 valence electrons. The van der Waals surface area contributed by atoms with Gasteiger partial charge in [0.1, 0.15) is 16.4 Å². The first-order valence-electron chi connectivity index (χ1n) is 6.42. The summed E-state index contributed by atoms with van der Waals surface area (Å²) in [6.07, 6.45) is 1.13. The van der Waals surface area contributed by atoms with E-state index in [0.29, 0.717) is 11.1 Å². The second kappa shape index (κ2) is 7.25. The van der Waals surface area contributed by atoms with Gasteiger partial charge in [-0.3, -0.25) is 4.79 Å². The lowest BCUT2D eigenvalue weighted by atomic mass is 10.0. The number of aliphatic hydroxyl groups is 1. The van der Waals surface area contributed by atoms with E-state index in [9.17, 15) is 13.2 Å². The molecule has 0 aliphatic carbocycles. The lowest BCUT2D eigenvalue weighted by Gasteiger charge is -2.13. The molecule has 0 saturated carbocycles. The Morgan fingerprint density at radius 1 is 1.43 bits per heavy atom. The first kappa shape index (κ1) is 17.2. The summed E-state index contributed by atoms with van der Waals surface area (Å²) in [5.41, 5.74) is 1.97. The Morgan fingerprint density at radius 2 is 2.10 bits per heavy atom. The first-order chi connectivity index (χ1) is 9.73. The Bertz CT molecular complexity index is 683. The Morgan fingerprint density at radius 3 is 2.67 bits per heavy atom. The van der Waals surface area contributed by atoms with Gasteiger partial charge in [-0.2, -0.15) is 0 Å². The molecule has 1 aromatic rings. The number of nitrogens with one attached hydrogen (secondary N) is 1. The monoisotopic (exact) mass is 309 g/mol. The molecule has 0 saturated heterocycles.